The third-order valence-corrected chi connectivity index (χ3v) is 6.18. The Bertz CT molecular complexity index is 1560. The Hall–Kier alpha value is -2.98. The van der Waals surface area contributed by atoms with Crippen molar-refractivity contribution in [2.24, 2.45) is 0 Å². The summed E-state index contributed by atoms with van der Waals surface area (Å²) in [5.74, 6) is 0. The number of hydrogen-bond donors (Lipinski definition) is 1. The lowest BCUT2D eigenvalue weighted by atomic mass is 10.1. The number of furan rings is 1. The molecule has 0 saturated heterocycles. The van der Waals surface area contributed by atoms with E-state index in [1.165, 1.54) is 48.3 Å². The second-order valence-electron chi connectivity index (χ2n) is 6.34. The first kappa shape index (κ1) is 11.5. The summed E-state index contributed by atoms with van der Waals surface area (Å²) in [6.07, 6.45) is 1.79. The summed E-state index contributed by atoms with van der Waals surface area (Å²) in [5.41, 5.74) is 6.98. The fourth-order valence-electron chi connectivity index (χ4n) is 4.35. The van der Waals surface area contributed by atoms with Crippen LogP contribution >= 0.6 is 11.3 Å². The van der Waals surface area contributed by atoms with E-state index in [4.69, 9.17) is 4.42 Å². The number of thiophene rings is 1. The first-order valence-corrected chi connectivity index (χ1v) is 8.83. The molecular weight excluding hydrogens is 316 g/mol. The minimum Gasteiger partial charge on any atom is -0.462 e. The van der Waals surface area contributed by atoms with E-state index >= 15 is 0 Å². The Kier molecular flexibility index (Phi) is 1.72. The van der Waals surface area contributed by atoms with E-state index in [9.17, 15) is 0 Å². The molecule has 2 aromatic carbocycles. The van der Waals surface area contributed by atoms with Gasteiger partial charge in [0, 0.05) is 38.6 Å². The lowest BCUT2D eigenvalue weighted by molar-refractivity contribution is 0.619. The Balaban J connectivity index is 2.11. The fourth-order valence-corrected chi connectivity index (χ4v) is 5.27. The van der Waals surface area contributed by atoms with Crippen LogP contribution in [0, 0.1) is 0 Å². The molecule has 0 aliphatic heterocycles. The van der Waals surface area contributed by atoms with Gasteiger partial charge in [0.2, 0.25) is 0 Å². The van der Waals surface area contributed by atoms with Gasteiger partial charge in [-0.15, -0.1) is 11.3 Å². The van der Waals surface area contributed by atoms with E-state index < -0.39 is 0 Å². The van der Waals surface area contributed by atoms with Gasteiger partial charge in [-0.05, 0) is 29.6 Å². The van der Waals surface area contributed by atoms with Gasteiger partial charge in [0.15, 0.2) is 5.58 Å². The maximum Gasteiger partial charge on any atom is 0.159 e. The van der Waals surface area contributed by atoms with Crippen molar-refractivity contribution in [3.63, 3.8) is 0 Å². The van der Waals surface area contributed by atoms with Crippen LogP contribution in [-0.4, -0.2) is 9.38 Å². The molecule has 7 aromatic rings. The number of aromatic nitrogens is 2. The smallest absolute Gasteiger partial charge is 0.159 e. The van der Waals surface area contributed by atoms with Gasteiger partial charge in [-0.1, -0.05) is 12.1 Å². The molecule has 4 heteroatoms. The maximum atomic E-state index is 5.84. The summed E-state index contributed by atoms with van der Waals surface area (Å²) in [6.45, 7) is 0. The second-order valence-corrected chi connectivity index (χ2v) is 7.26. The number of hydrogen-bond acceptors (Lipinski definition) is 2. The van der Waals surface area contributed by atoms with Crippen molar-refractivity contribution in [3.05, 3.63) is 54.1 Å². The van der Waals surface area contributed by atoms with Gasteiger partial charge < -0.3 is 13.8 Å². The molecule has 0 fully saturated rings. The van der Waals surface area contributed by atoms with Crippen molar-refractivity contribution >= 4 is 70.7 Å². The molecule has 5 aromatic heterocycles. The molecular formula is C20H10N2OS. The Morgan fingerprint density at radius 1 is 0.875 bits per heavy atom. The van der Waals surface area contributed by atoms with Gasteiger partial charge in [-0.3, -0.25) is 0 Å². The minimum absolute atomic E-state index is 0.970. The number of H-pyrrole nitrogens is 1. The van der Waals surface area contributed by atoms with Gasteiger partial charge in [0.25, 0.3) is 0 Å². The third-order valence-electron chi connectivity index (χ3n) is 5.25. The molecule has 0 atom stereocenters. The summed E-state index contributed by atoms with van der Waals surface area (Å²) >= 11 is 1.80. The summed E-state index contributed by atoms with van der Waals surface area (Å²) in [7, 11) is 0. The van der Waals surface area contributed by atoms with Crippen LogP contribution in [-0.2, 0) is 0 Å². The Labute approximate surface area is 139 Å². The zero-order chi connectivity index (χ0) is 15.4. The van der Waals surface area contributed by atoms with Crippen LogP contribution in [0.3, 0.4) is 0 Å². The molecule has 0 aliphatic carbocycles. The second kappa shape index (κ2) is 3.57. The topological polar surface area (TPSA) is 33.3 Å². The van der Waals surface area contributed by atoms with E-state index in [0.29, 0.717) is 0 Å². The molecule has 0 saturated carbocycles. The maximum absolute atomic E-state index is 5.84. The number of fused-ring (bicyclic) bond motifs is 6. The van der Waals surface area contributed by atoms with Crippen LogP contribution in [0.1, 0.15) is 0 Å². The highest BCUT2D eigenvalue weighted by Gasteiger charge is 2.21. The van der Waals surface area contributed by atoms with Crippen molar-refractivity contribution < 1.29 is 4.42 Å². The van der Waals surface area contributed by atoms with Gasteiger partial charge >= 0.3 is 0 Å². The van der Waals surface area contributed by atoms with E-state index in [1.807, 2.05) is 0 Å². The lowest BCUT2D eigenvalue weighted by Crippen LogP contribution is -1.81. The van der Waals surface area contributed by atoms with Crippen LogP contribution in [0.15, 0.2) is 58.5 Å². The monoisotopic (exact) mass is 326 g/mol. The Morgan fingerprint density at radius 3 is 2.83 bits per heavy atom. The number of nitrogens with one attached hydrogen (secondary N) is 1. The number of benzene rings is 2. The average molecular weight is 326 g/mol. The molecule has 3 nitrogen and oxygen atoms in total. The van der Waals surface area contributed by atoms with E-state index in [0.717, 1.165) is 11.1 Å². The number of aromatic amines is 1. The highest BCUT2D eigenvalue weighted by molar-refractivity contribution is 7.18. The van der Waals surface area contributed by atoms with Gasteiger partial charge in [0.1, 0.15) is 0 Å². The van der Waals surface area contributed by atoms with Gasteiger partial charge in [-0.2, -0.15) is 0 Å². The SMILES string of the molecule is c1cc2[nH]c3ccc4c5occc5n5c6ccsc6c(c1)c2c3c45. The summed E-state index contributed by atoms with van der Waals surface area (Å²) < 4.78 is 9.52. The molecule has 0 unspecified atom stereocenters. The summed E-state index contributed by atoms with van der Waals surface area (Å²) in [5, 5.41) is 7.29. The standard InChI is InChI=1S/C20H10N2OS/c1-2-10-16-12(3-1)21-13-5-4-11-18(17(13)16)22(14-6-8-23-19(11)14)15-7-9-24-20(10)15/h1-9,21H. The summed E-state index contributed by atoms with van der Waals surface area (Å²) in [4.78, 5) is 3.59. The summed E-state index contributed by atoms with van der Waals surface area (Å²) in [6, 6.07) is 15.2. The quantitative estimate of drug-likeness (QED) is 0.357. The lowest BCUT2D eigenvalue weighted by Gasteiger charge is -1.97. The zero-order valence-electron chi connectivity index (χ0n) is 12.5. The first-order valence-electron chi connectivity index (χ1n) is 7.95. The van der Waals surface area contributed by atoms with Crippen molar-refractivity contribution in [1.82, 2.24) is 9.38 Å². The fraction of sp³-hybridized carbons (Fsp3) is 0. The van der Waals surface area contributed by atoms with Crippen LogP contribution in [0.2, 0.25) is 0 Å². The van der Waals surface area contributed by atoms with Crippen molar-refractivity contribution in [2.45, 2.75) is 0 Å². The van der Waals surface area contributed by atoms with E-state index in [-0.39, 0.29) is 0 Å². The Morgan fingerprint density at radius 2 is 1.83 bits per heavy atom. The molecule has 1 N–H and O–H groups in total. The number of nitrogens with zero attached hydrogens (tertiary/aromatic N) is 1. The predicted octanol–water partition coefficient (Wildman–Crippen LogP) is 6.13. The number of rotatable bonds is 0. The van der Waals surface area contributed by atoms with Crippen LogP contribution in [0.4, 0.5) is 0 Å². The molecule has 0 spiro atoms. The van der Waals surface area contributed by atoms with Gasteiger partial charge in [-0.25, -0.2) is 0 Å². The highest BCUT2D eigenvalue weighted by atomic mass is 32.1. The van der Waals surface area contributed by atoms with Crippen LogP contribution < -0.4 is 0 Å². The van der Waals surface area contributed by atoms with Crippen molar-refractivity contribution in [1.29, 1.82) is 0 Å². The highest BCUT2D eigenvalue weighted by Crippen LogP contribution is 2.43. The average Bonchev–Trinajstić information content (AvgIpc) is 3.33. The predicted molar refractivity (Wildman–Crippen MR) is 101 cm³/mol. The minimum atomic E-state index is 0.970. The van der Waals surface area contributed by atoms with E-state index in [1.54, 1.807) is 17.6 Å². The van der Waals surface area contributed by atoms with Crippen molar-refractivity contribution in [2.75, 3.05) is 0 Å². The molecule has 5 heterocycles. The van der Waals surface area contributed by atoms with Crippen LogP contribution in [0.5, 0.6) is 0 Å². The third kappa shape index (κ3) is 1.07. The molecule has 112 valence electrons. The van der Waals surface area contributed by atoms with Crippen molar-refractivity contribution in [3.8, 4) is 0 Å². The largest absolute Gasteiger partial charge is 0.462 e. The van der Waals surface area contributed by atoms with E-state index in [2.05, 4.69) is 57.2 Å². The van der Waals surface area contributed by atoms with Crippen LogP contribution in [0.25, 0.3) is 59.4 Å². The molecule has 0 radical (unpaired) electrons. The molecule has 0 aliphatic rings. The molecule has 7 rings (SSSR count). The zero-order valence-corrected chi connectivity index (χ0v) is 13.3. The molecule has 0 bridgehead atoms. The molecule has 24 heavy (non-hydrogen) atoms. The van der Waals surface area contributed by atoms with Gasteiger partial charge in [0.05, 0.1) is 27.5 Å². The molecule has 0 amide bonds. The normalized spacial score (nSPS) is 13.0. The first-order chi connectivity index (χ1) is 11.9.